The quantitative estimate of drug-likeness (QED) is 0.756. The molecule has 1 aliphatic carbocycles. The van der Waals surface area contributed by atoms with Crippen molar-refractivity contribution in [1.82, 2.24) is 5.32 Å². The third-order valence-electron chi connectivity index (χ3n) is 4.22. The van der Waals surface area contributed by atoms with Crippen LogP contribution in [0, 0.1) is 5.92 Å². The van der Waals surface area contributed by atoms with Crippen molar-refractivity contribution >= 4 is 23.1 Å². The number of hydrogen-bond acceptors (Lipinski definition) is 4. The minimum absolute atomic E-state index is 0.488. The largest absolute Gasteiger partial charge is 0.464 e. The molecule has 21 heavy (non-hydrogen) atoms. The summed E-state index contributed by atoms with van der Waals surface area (Å²) in [4.78, 5) is 1.47. The third-order valence-corrected chi connectivity index (χ3v) is 5.75. The van der Waals surface area contributed by atoms with Crippen LogP contribution in [0.3, 0.4) is 0 Å². The van der Waals surface area contributed by atoms with Gasteiger partial charge in [-0.05, 0) is 48.6 Å². The molecule has 0 radical (unpaired) electrons. The van der Waals surface area contributed by atoms with E-state index in [1.165, 1.54) is 30.6 Å². The Morgan fingerprint density at radius 1 is 1.29 bits per heavy atom. The van der Waals surface area contributed by atoms with Crippen LogP contribution in [0.15, 0.2) is 34.1 Å². The van der Waals surface area contributed by atoms with Gasteiger partial charge in [-0.3, -0.25) is 0 Å². The van der Waals surface area contributed by atoms with E-state index in [0.29, 0.717) is 6.04 Å². The Morgan fingerprint density at radius 2 is 2.10 bits per heavy atom. The molecule has 0 spiro atoms. The van der Waals surface area contributed by atoms with Gasteiger partial charge in [-0.15, -0.1) is 11.3 Å². The summed E-state index contributed by atoms with van der Waals surface area (Å²) in [5.41, 5.74) is 0. The minimum Gasteiger partial charge on any atom is -0.464 e. The molecule has 1 saturated carbocycles. The predicted molar refractivity (Wildman–Crippen MR) is 91.8 cm³/mol. The standard InChI is InChI=1S/C17H23NOS2/c1-20-12-15-9-8-14(19-15)11-18-17(13-5-2-3-6-13)16-7-4-10-21-16/h4,7-10,13,17-18H,2-3,5-6,11-12H2,1H3. The summed E-state index contributed by atoms with van der Waals surface area (Å²) in [6.45, 7) is 0.827. The summed E-state index contributed by atoms with van der Waals surface area (Å²) in [5.74, 6) is 3.87. The highest BCUT2D eigenvalue weighted by molar-refractivity contribution is 7.97. The zero-order valence-electron chi connectivity index (χ0n) is 12.5. The molecule has 0 aromatic carbocycles. The molecule has 0 saturated heterocycles. The van der Waals surface area contributed by atoms with E-state index >= 15 is 0 Å². The number of rotatable bonds is 7. The molecule has 0 amide bonds. The van der Waals surface area contributed by atoms with Gasteiger partial charge in [-0.2, -0.15) is 11.8 Å². The molecule has 0 bridgehead atoms. The van der Waals surface area contributed by atoms with Gasteiger partial charge in [0, 0.05) is 10.9 Å². The Labute approximate surface area is 135 Å². The molecule has 1 fully saturated rings. The highest BCUT2D eigenvalue weighted by Gasteiger charge is 2.26. The Morgan fingerprint density at radius 3 is 2.81 bits per heavy atom. The lowest BCUT2D eigenvalue weighted by Crippen LogP contribution is -2.25. The fraction of sp³-hybridized carbons (Fsp3) is 0.529. The molecule has 3 rings (SSSR count). The maximum absolute atomic E-state index is 5.87. The van der Waals surface area contributed by atoms with Gasteiger partial charge in [-0.25, -0.2) is 0 Å². The number of thioether (sulfide) groups is 1. The van der Waals surface area contributed by atoms with Crippen molar-refractivity contribution in [3.63, 3.8) is 0 Å². The van der Waals surface area contributed by atoms with E-state index in [1.807, 2.05) is 11.3 Å². The molecule has 1 aliphatic rings. The van der Waals surface area contributed by atoms with Crippen molar-refractivity contribution < 1.29 is 4.42 Å². The Balaban J connectivity index is 1.63. The van der Waals surface area contributed by atoms with Gasteiger partial charge in [0.25, 0.3) is 0 Å². The maximum atomic E-state index is 5.87. The number of nitrogens with one attached hydrogen (secondary N) is 1. The van der Waals surface area contributed by atoms with E-state index in [1.54, 1.807) is 11.8 Å². The summed E-state index contributed by atoms with van der Waals surface area (Å²) in [6, 6.07) is 9.12. The topological polar surface area (TPSA) is 25.2 Å². The van der Waals surface area contributed by atoms with Crippen molar-refractivity contribution in [2.75, 3.05) is 6.26 Å². The second kappa shape index (κ2) is 7.52. The highest BCUT2D eigenvalue weighted by atomic mass is 32.2. The molecule has 1 atom stereocenters. The van der Waals surface area contributed by atoms with Crippen LogP contribution in [-0.4, -0.2) is 6.26 Å². The summed E-state index contributed by atoms with van der Waals surface area (Å²) in [7, 11) is 0. The van der Waals surface area contributed by atoms with Gasteiger partial charge in [0.15, 0.2) is 0 Å². The first-order chi connectivity index (χ1) is 10.4. The van der Waals surface area contributed by atoms with Crippen molar-refractivity contribution in [2.24, 2.45) is 5.92 Å². The number of hydrogen-bond donors (Lipinski definition) is 1. The fourth-order valence-corrected chi connectivity index (χ4v) is 4.54. The molecular weight excluding hydrogens is 298 g/mol. The molecule has 2 nitrogen and oxygen atoms in total. The van der Waals surface area contributed by atoms with Crippen molar-refractivity contribution in [3.8, 4) is 0 Å². The van der Waals surface area contributed by atoms with E-state index < -0.39 is 0 Å². The lowest BCUT2D eigenvalue weighted by molar-refractivity contribution is 0.351. The lowest BCUT2D eigenvalue weighted by atomic mass is 9.96. The Hall–Kier alpha value is -0.710. The smallest absolute Gasteiger partial charge is 0.118 e. The molecule has 2 heterocycles. The highest BCUT2D eigenvalue weighted by Crippen LogP contribution is 2.37. The molecule has 2 aromatic heterocycles. The van der Waals surface area contributed by atoms with Crippen LogP contribution < -0.4 is 5.32 Å². The van der Waals surface area contributed by atoms with E-state index in [2.05, 4.69) is 41.2 Å². The van der Waals surface area contributed by atoms with Crippen LogP contribution in [0.25, 0.3) is 0 Å². The predicted octanol–water partition coefficient (Wildman–Crippen LogP) is 5.23. The van der Waals surface area contributed by atoms with Crippen LogP contribution in [0.4, 0.5) is 0 Å². The van der Waals surface area contributed by atoms with E-state index in [9.17, 15) is 0 Å². The molecule has 0 aliphatic heterocycles. The maximum Gasteiger partial charge on any atom is 0.118 e. The van der Waals surface area contributed by atoms with Gasteiger partial charge >= 0.3 is 0 Å². The number of thiophene rings is 1. The third kappa shape index (κ3) is 3.93. The van der Waals surface area contributed by atoms with Crippen LogP contribution in [0.2, 0.25) is 0 Å². The zero-order valence-corrected chi connectivity index (χ0v) is 14.1. The van der Waals surface area contributed by atoms with Crippen LogP contribution in [-0.2, 0) is 12.3 Å². The summed E-state index contributed by atoms with van der Waals surface area (Å²) < 4.78 is 5.87. The fourth-order valence-electron chi connectivity index (χ4n) is 3.21. The minimum atomic E-state index is 0.488. The van der Waals surface area contributed by atoms with Gasteiger partial charge in [0.1, 0.15) is 11.5 Å². The molecule has 114 valence electrons. The summed E-state index contributed by atoms with van der Waals surface area (Å²) in [5, 5.41) is 5.93. The van der Waals surface area contributed by atoms with Crippen molar-refractivity contribution in [2.45, 2.75) is 44.0 Å². The van der Waals surface area contributed by atoms with Gasteiger partial charge < -0.3 is 9.73 Å². The Kier molecular flexibility index (Phi) is 5.44. The second-order valence-electron chi connectivity index (χ2n) is 5.72. The summed E-state index contributed by atoms with van der Waals surface area (Å²) >= 11 is 3.67. The molecule has 2 aromatic rings. The molecular formula is C17H23NOS2. The second-order valence-corrected chi connectivity index (χ2v) is 7.56. The van der Waals surface area contributed by atoms with E-state index in [-0.39, 0.29) is 0 Å². The van der Waals surface area contributed by atoms with Gasteiger partial charge in [0.2, 0.25) is 0 Å². The van der Waals surface area contributed by atoms with E-state index in [4.69, 9.17) is 4.42 Å². The van der Waals surface area contributed by atoms with E-state index in [0.717, 1.165) is 29.7 Å². The first-order valence-electron chi connectivity index (χ1n) is 7.70. The first-order valence-corrected chi connectivity index (χ1v) is 9.97. The first kappa shape index (κ1) is 15.2. The SMILES string of the molecule is CSCc1ccc(CNC(c2cccs2)C2CCCC2)o1. The van der Waals surface area contributed by atoms with Crippen LogP contribution >= 0.6 is 23.1 Å². The number of furan rings is 1. The lowest BCUT2D eigenvalue weighted by Gasteiger charge is -2.23. The summed E-state index contributed by atoms with van der Waals surface area (Å²) in [6.07, 6.45) is 7.57. The Bertz CT molecular complexity index is 529. The monoisotopic (exact) mass is 321 g/mol. The van der Waals surface area contributed by atoms with Crippen molar-refractivity contribution in [1.29, 1.82) is 0 Å². The molecule has 1 unspecified atom stereocenters. The van der Waals surface area contributed by atoms with Crippen LogP contribution in [0.1, 0.15) is 48.1 Å². The average molecular weight is 322 g/mol. The van der Waals surface area contributed by atoms with Crippen molar-refractivity contribution in [3.05, 3.63) is 46.0 Å². The van der Waals surface area contributed by atoms with Crippen LogP contribution in [0.5, 0.6) is 0 Å². The average Bonchev–Trinajstić information content (AvgIpc) is 3.22. The zero-order chi connectivity index (χ0) is 14.5. The normalized spacial score (nSPS) is 17.4. The molecule has 4 heteroatoms. The van der Waals surface area contributed by atoms with Gasteiger partial charge in [0.05, 0.1) is 12.3 Å². The molecule has 1 N–H and O–H groups in total. The van der Waals surface area contributed by atoms with Gasteiger partial charge in [-0.1, -0.05) is 18.9 Å².